The molecule has 0 saturated carbocycles. The number of hydrogen-bond acceptors (Lipinski definition) is 4. The number of nitrogens with zero attached hydrogens (tertiary/aromatic N) is 1. The van der Waals surface area contributed by atoms with Crippen LogP contribution < -0.4 is 9.64 Å². The maximum atomic E-state index is 12.1. The van der Waals surface area contributed by atoms with E-state index >= 15 is 0 Å². The maximum absolute atomic E-state index is 12.1. The molecule has 2 rings (SSSR count). The lowest BCUT2D eigenvalue weighted by molar-refractivity contribution is 0.101. The lowest BCUT2D eigenvalue weighted by Crippen LogP contribution is -2.29. The lowest BCUT2D eigenvalue weighted by Gasteiger charge is -2.24. The number of rotatable bonds is 9. The fraction of sp³-hybridized carbons (Fsp3) is 0.409. The highest BCUT2D eigenvalue weighted by Crippen LogP contribution is 2.26. The van der Waals surface area contributed by atoms with Crippen molar-refractivity contribution in [3.63, 3.8) is 0 Å². The molecule has 4 nitrogen and oxygen atoms in total. The van der Waals surface area contributed by atoms with E-state index in [-0.39, 0.29) is 5.92 Å². The number of hydrogen-bond donors (Lipinski definition) is 0. The number of carbonyl (C=O) groups is 1. The second-order valence-corrected chi connectivity index (χ2v) is 6.57. The molecule has 0 bridgehead atoms. The van der Waals surface area contributed by atoms with Gasteiger partial charge in [-0.05, 0) is 36.1 Å². The van der Waals surface area contributed by atoms with Crippen LogP contribution in [0.25, 0.3) is 0 Å². The first-order chi connectivity index (χ1) is 12.6. The molecule has 0 radical (unpaired) electrons. The number of ether oxygens (including phenoxy) is 2. The van der Waals surface area contributed by atoms with E-state index in [1.807, 2.05) is 36.4 Å². The van der Waals surface area contributed by atoms with Crippen molar-refractivity contribution in [3.8, 4) is 5.75 Å². The standard InChI is InChI=1S/C22H29NO3/c1-4-5-15-23(19-11-7-6-8-12-19)16-17-25-22(24)26-21-14-10-9-13-20(21)18(2)3/h6-14,18H,4-5,15-17H2,1-3H3. The van der Waals surface area contributed by atoms with Crippen LogP contribution in [0, 0.1) is 0 Å². The van der Waals surface area contributed by atoms with E-state index in [4.69, 9.17) is 9.47 Å². The predicted molar refractivity (Wildman–Crippen MR) is 106 cm³/mol. The number of para-hydroxylation sites is 2. The largest absolute Gasteiger partial charge is 0.513 e. The molecule has 0 N–H and O–H groups in total. The van der Waals surface area contributed by atoms with Gasteiger partial charge in [0.15, 0.2) is 0 Å². The highest BCUT2D eigenvalue weighted by Gasteiger charge is 2.13. The summed E-state index contributed by atoms with van der Waals surface area (Å²) in [6.45, 7) is 8.18. The average Bonchev–Trinajstić information content (AvgIpc) is 2.65. The molecular formula is C22H29NO3. The zero-order valence-electron chi connectivity index (χ0n) is 16.0. The van der Waals surface area contributed by atoms with Crippen molar-refractivity contribution in [2.24, 2.45) is 0 Å². The molecule has 2 aromatic rings. The van der Waals surface area contributed by atoms with Crippen molar-refractivity contribution in [3.05, 3.63) is 60.2 Å². The SMILES string of the molecule is CCCCN(CCOC(=O)Oc1ccccc1C(C)C)c1ccccc1. The Morgan fingerprint density at radius 3 is 2.38 bits per heavy atom. The van der Waals surface area contributed by atoms with E-state index in [9.17, 15) is 4.79 Å². The van der Waals surface area contributed by atoms with Gasteiger partial charge in [-0.3, -0.25) is 0 Å². The molecule has 4 heteroatoms. The second-order valence-electron chi connectivity index (χ2n) is 6.57. The summed E-state index contributed by atoms with van der Waals surface area (Å²) in [5.41, 5.74) is 2.14. The van der Waals surface area contributed by atoms with E-state index in [0.717, 1.165) is 30.6 Å². The van der Waals surface area contributed by atoms with E-state index < -0.39 is 6.16 Å². The smallest absolute Gasteiger partial charge is 0.432 e. The van der Waals surface area contributed by atoms with Gasteiger partial charge in [0.25, 0.3) is 0 Å². The molecule has 26 heavy (non-hydrogen) atoms. The van der Waals surface area contributed by atoms with E-state index in [1.54, 1.807) is 6.07 Å². The molecule has 0 aromatic heterocycles. The Kier molecular flexibility index (Phi) is 8.00. The van der Waals surface area contributed by atoms with Gasteiger partial charge in [0.1, 0.15) is 12.4 Å². The van der Waals surface area contributed by atoms with Crippen molar-refractivity contribution in [2.75, 3.05) is 24.6 Å². The summed E-state index contributed by atoms with van der Waals surface area (Å²) >= 11 is 0. The molecule has 0 fully saturated rings. The van der Waals surface area contributed by atoms with Gasteiger partial charge in [0.05, 0.1) is 6.54 Å². The highest BCUT2D eigenvalue weighted by molar-refractivity contribution is 5.64. The predicted octanol–water partition coefficient (Wildman–Crippen LogP) is 5.63. The topological polar surface area (TPSA) is 38.8 Å². The molecule has 140 valence electrons. The second kappa shape index (κ2) is 10.5. The fourth-order valence-electron chi connectivity index (χ4n) is 2.77. The summed E-state index contributed by atoms with van der Waals surface area (Å²) in [5.74, 6) is 0.847. The zero-order chi connectivity index (χ0) is 18.8. The molecule has 0 atom stereocenters. The van der Waals surface area contributed by atoms with Gasteiger partial charge in [-0.15, -0.1) is 0 Å². The molecule has 0 aliphatic carbocycles. The van der Waals surface area contributed by atoms with Crippen LogP contribution in [-0.4, -0.2) is 25.9 Å². The van der Waals surface area contributed by atoms with Gasteiger partial charge < -0.3 is 14.4 Å². The summed E-state index contributed by atoms with van der Waals surface area (Å²) in [6.07, 6.45) is 1.57. The summed E-state index contributed by atoms with van der Waals surface area (Å²) in [7, 11) is 0. The molecule has 0 heterocycles. The zero-order valence-corrected chi connectivity index (χ0v) is 16.0. The fourth-order valence-corrected chi connectivity index (χ4v) is 2.77. The average molecular weight is 355 g/mol. The van der Waals surface area contributed by atoms with Crippen LogP contribution in [0.5, 0.6) is 5.75 Å². The number of benzene rings is 2. The van der Waals surface area contributed by atoms with Crippen LogP contribution in [0.15, 0.2) is 54.6 Å². The van der Waals surface area contributed by atoms with Crippen molar-refractivity contribution >= 4 is 11.8 Å². The molecule has 0 unspecified atom stereocenters. The van der Waals surface area contributed by atoms with Crippen molar-refractivity contribution in [1.29, 1.82) is 0 Å². The van der Waals surface area contributed by atoms with Crippen LogP contribution in [0.1, 0.15) is 45.1 Å². The number of unbranched alkanes of at least 4 members (excludes halogenated alkanes) is 1. The van der Waals surface area contributed by atoms with Gasteiger partial charge in [-0.1, -0.05) is 63.6 Å². The minimum atomic E-state index is -0.651. The van der Waals surface area contributed by atoms with Gasteiger partial charge in [0, 0.05) is 12.2 Å². The normalized spacial score (nSPS) is 10.6. The molecule has 0 amide bonds. The Morgan fingerprint density at radius 1 is 1.00 bits per heavy atom. The van der Waals surface area contributed by atoms with Gasteiger partial charge in [0.2, 0.25) is 0 Å². The van der Waals surface area contributed by atoms with Crippen molar-refractivity contribution in [1.82, 2.24) is 0 Å². The third-order valence-corrected chi connectivity index (χ3v) is 4.22. The third-order valence-electron chi connectivity index (χ3n) is 4.22. The highest BCUT2D eigenvalue weighted by atomic mass is 16.7. The van der Waals surface area contributed by atoms with Gasteiger partial charge in [-0.2, -0.15) is 0 Å². The lowest BCUT2D eigenvalue weighted by atomic mass is 10.0. The van der Waals surface area contributed by atoms with Crippen LogP contribution >= 0.6 is 0 Å². The summed E-state index contributed by atoms with van der Waals surface area (Å²) in [4.78, 5) is 14.3. The van der Waals surface area contributed by atoms with E-state index in [2.05, 4.69) is 37.8 Å². The van der Waals surface area contributed by atoms with Crippen LogP contribution in [0.2, 0.25) is 0 Å². The van der Waals surface area contributed by atoms with Crippen LogP contribution in [0.4, 0.5) is 10.5 Å². The van der Waals surface area contributed by atoms with Crippen LogP contribution in [-0.2, 0) is 4.74 Å². The van der Waals surface area contributed by atoms with Gasteiger partial charge in [-0.25, -0.2) is 4.79 Å². The van der Waals surface area contributed by atoms with E-state index in [0.29, 0.717) is 18.9 Å². The molecule has 0 saturated heterocycles. The quantitative estimate of drug-likeness (QED) is 0.431. The monoisotopic (exact) mass is 355 g/mol. The van der Waals surface area contributed by atoms with Crippen molar-refractivity contribution in [2.45, 2.75) is 39.5 Å². The third kappa shape index (κ3) is 6.10. The summed E-state index contributed by atoms with van der Waals surface area (Å²) in [5, 5.41) is 0. The molecule has 2 aromatic carbocycles. The maximum Gasteiger partial charge on any atom is 0.513 e. The summed E-state index contributed by atoms with van der Waals surface area (Å²) < 4.78 is 10.7. The van der Waals surface area contributed by atoms with Crippen molar-refractivity contribution < 1.29 is 14.3 Å². The van der Waals surface area contributed by atoms with E-state index in [1.165, 1.54) is 0 Å². The Labute approximate surface area is 156 Å². The first kappa shape index (κ1) is 19.8. The number of anilines is 1. The molecule has 0 aliphatic heterocycles. The molecular weight excluding hydrogens is 326 g/mol. The number of carbonyl (C=O) groups excluding carboxylic acids is 1. The minimum Gasteiger partial charge on any atom is -0.432 e. The van der Waals surface area contributed by atoms with Gasteiger partial charge >= 0.3 is 6.16 Å². The Balaban J connectivity index is 1.88. The Morgan fingerprint density at radius 2 is 1.69 bits per heavy atom. The first-order valence-electron chi connectivity index (χ1n) is 9.35. The molecule has 0 aliphatic rings. The first-order valence-corrected chi connectivity index (χ1v) is 9.35. The Hall–Kier alpha value is -2.49. The Bertz CT molecular complexity index is 670. The minimum absolute atomic E-state index is 0.279. The molecule has 0 spiro atoms. The van der Waals surface area contributed by atoms with Crippen LogP contribution in [0.3, 0.4) is 0 Å². The summed E-state index contributed by atoms with van der Waals surface area (Å²) in [6, 6.07) is 17.8.